The second kappa shape index (κ2) is 5.48. The van der Waals surface area contributed by atoms with Gasteiger partial charge >= 0.3 is 0 Å². The van der Waals surface area contributed by atoms with E-state index in [0.717, 1.165) is 6.42 Å². The summed E-state index contributed by atoms with van der Waals surface area (Å²) >= 11 is 3.27. The predicted octanol–water partition coefficient (Wildman–Crippen LogP) is 1.19. The number of pyridine rings is 1. The normalized spacial score (nSPS) is 18.8. The van der Waals surface area contributed by atoms with Crippen LogP contribution in [0, 0.1) is 0 Å². The van der Waals surface area contributed by atoms with Gasteiger partial charge in [-0.15, -0.1) is 0 Å². The molecule has 1 unspecified atom stereocenters. The number of nitrogens with zero attached hydrogens (tertiary/aromatic N) is 2. The summed E-state index contributed by atoms with van der Waals surface area (Å²) in [6.45, 7) is 2.70. The molecule has 18 heavy (non-hydrogen) atoms. The van der Waals surface area contributed by atoms with Gasteiger partial charge in [-0.1, -0.05) is 0 Å². The third kappa shape index (κ3) is 2.87. The smallest absolute Gasteiger partial charge is 0.256 e. The highest BCUT2D eigenvalue weighted by molar-refractivity contribution is 9.10. The van der Waals surface area contributed by atoms with Gasteiger partial charge in [0.15, 0.2) is 0 Å². The topological polar surface area (TPSA) is 62.3 Å². The minimum absolute atomic E-state index is 0.0529. The molecule has 2 amide bonds. The summed E-state index contributed by atoms with van der Waals surface area (Å²) in [6, 6.07) is 3.53. The van der Waals surface area contributed by atoms with Crippen LogP contribution in [-0.4, -0.2) is 40.8 Å². The number of aromatic nitrogens is 1. The summed E-state index contributed by atoms with van der Waals surface area (Å²) in [7, 11) is 0. The average molecular weight is 312 g/mol. The number of halogens is 1. The number of nitrogens with one attached hydrogen (secondary N) is 1. The molecule has 0 saturated carbocycles. The molecule has 2 heterocycles. The van der Waals surface area contributed by atoms with Gasteiger partial charge in [-0.25, -0.2) is 4.98 Å². The molecule has 1 aliphatic heterocycles. The molecule has 1 aromatic heterocycles. The molecule has 5 nitrogen and oxygen atoms in total. The first-order chi connectivity index (χ1) is 8.58. The van der Waals surface area contributed by atoms with Crippen molar-refractivity contribution in [2.75, 3.05) is 13.1 Å². The van der Waals surface area contributed by atoms with Crippen molar-refractivity contribution >= 4 is 27.7 Å². The Morgan fingerprint density at radius 2 is 2.33 bits per heavy atom. The summed E-state index contributed by atoms with van der Waals surface area (Å²) in [5, 5.41) is 2.83. The molecule has 6 heteroatoms. The number of likely N-dealkylation sites (tertiary alicyclic amines) is 1. The van der Waals surface area contributed by atoms with Crippen molar-refractivity contribution in [2.24, 2.45) is 0 Å². The summed E-state index contributed by atoms with van der Waals surface area (Å²) < 4.78 is 0.554. The van der Waals surface area contributed by atoms with Gasteiger partial charge < -0.3 is 10.2 Å². The van der Waals surface area contributed by atoms with E-state index in [4.69, 9.17) is 0 Å². The van der Waals surface area contributed by atoms with Crippen LogP contribution in [0.1, 0.15) is 23.7 Å². The van der Waals surface area contributed by atoms with Crippen LogP contribution in [-0.2, 0) is 4.79 Å². The Bertz CT molecular complexity index is 478. The van der Waals surface area contributed by atoms with Crippen molar-refractivity contribution in [2.45, 2.75) is 19.4 Å². The molecule has 1 fully saturated rings. The Morgan fingerprint density at radius 3 is 3.00 bits per heavy atom. The minimum Gasteiger partial charge on any atom is -0.352 e. The fourth-order valence-corrected chi connectivity index (χ4v) is 2.49. The van der Waals surface area contributed by atoms with Crippen molar-refractivity contribution in [3.8, 4) is 0 Å². The summed E-state index contributed by atoms with van der Waals surface area (Å²) in [5.41, 5.74) is 0.556. The quantitative estimate of drug-likeness (QED) is 0.835. The summed E-state index contributed by atoms with van der Waals surface area (Å²) in [6.07, 6.45) is 2.42. The molecule has 0 aliphatic carbocycles. The Morgan fingerprint density at radius 1 is 1.56 bits per heavy atom. The van der Waals surface area contributed by atoms with Crippen LogP contribution >= 0.6 is 15.9 Å². The second-order valence-electron chi connectivity index (χ2n) is 4.28. The van der Waals surface area contributed by atoms with Gasteiger partial charge in [0.25, 0.3) is 5.91 Å². The highest BCUT2D eigenvalue weighted by Gasteiger charge is 2.28. The molecule has 1 saturated heterocycles. The number of hydrogen-bond donors (Lipinski definition) is 1. The third-order valence-corrected chi connectivity index (χ3v) is 3.50. The predicted molar refractivity (Wildman–Crippen MR) is 70.1 cm³/mol. The molecule has 1 aromatic rings. The number of rotatable bonds is 2. The lowest BCUT2D eigenvalue weighted by molar-refractivity contribution is -0.119. The highest BCUT2D eigenvalue weighted by Crippen LogP contribution is 2.18. The first-order valence-electron chi connectivity index (χ1n) is 5.75. The van der Waals surface area contributed by atoms with E-state index < -0.39 is 0 Å². The van der Waals surface area contributed by atoms with Crippen LogP contribution in [0.5, 0.6) is 0 Å². The minimum atomic E-state index is -0.0585. The third-order valence-electron chi connectivity index (χ3n) is 2.87. The van der Waals surface area contributed by atoms with Crippen molar-refractivity contribution in [3.63, 3.8) is 0 Å². The zero-order valence-electron chi connectivity index (χ0n) is 10.0. The molecule has 0 radical (unpaired) electrons. The first-order valence-corrected chi connectivity index (χ1v) is 6.54. The van der Waals surface area contributed by atoms with E-state index in [2.05, 4.69) is 26.2 Å². The van der Waals surface area contributed by atoms with Crippen LogP contribution in [0.3, 0.4) is 0 Å². The monoisotopic (exact) mass is 311 g/mol. The zero-order valence-corrected chi connectivity index (χ0v) is 11.6. The number of carbonyl (C=O) groups is 2. The summed E-state index contributed by atoms with van der Waals surface area (Å²) in [5.74, 6) is -0.111. The van der Waals surface area contributed by atoms with E-state index in [-0.39, 0.29) is 17.9 Å². The van der Waals surface area contributed by atoms with Gasteiger partial charge in [0.1, 0.15) is 4.60 Å². The molecular weight excluding hydrogens is 298 g/mol. The lowest BCUT2D eigenvalue weighted by atomic mass is 10.2. The maximum atomic E-state index is 12.2. The molecule has 1 N–H and O–H groups in total. The van der Waals surface area contributed by atoms with Crippen LogP contribution in [0.15, 0.2) is 22.9 Å². The fraction of sp³-hybridized carbons (Fsp3) is 0.417. The molecule has 1 atom stereocenters. The van der Waals surface area contributed by atoms with E-state index in [9.17, 15) is 9.59 Å². The van der Waals surface area contributed by atoms with Gasteiger partial charge in [0.2, 0.25) is 5.91 Å². The Hall–Kier alpha value is -1.43. The number of carbonyl (C=O) groups excluding carboxylic acids is 2. The maximum absolute atomic E-state index is 12.2. The van der Waals surface area contributed by atoms with E-state index >= 15 is 0 Å². The molecule has 0 aromatic carbocycles. The van der Waals surface area contributed by atoms with Crippen molar-refractivity contribution in [1.82, 2.24) is 15.2 Å². The Balaban J connectivity index is 2.04. The second-order valence-corrected chi connectivity index (χ2v) is 5.03. The highest BCUT2D eigenvalue weighted by atomic mass is 79.9. The van der Waals surface area contributed by atoms with Crippen molar-refractivity contribution in [3.05, 3.63) is 28.5 Å². The van der Waals surface area contributed by atoms with E-state index in [0.29, 0.717) is 23.3 Å². The molecule has 2 rings (SSSR count). The Kier molecular flexibility index (Phi) is 3.96. The summed E-state index contributed by atoms with van der Waals surface area (Å²) in [4.78, 5) is 29.0. The standard InChI is InChI=1S/C12H14BrN3O2/c1-8(17)15-9-4-6-16(7-9)12(18)10-3-2-5-14-11(10)13/h2-3,5,9H,4,6-7H2,1H3,(H,15,17). The molecule has 1 aliphatic rings. The lowest BCUT2D eigenvalue weighted by Gasteiger charge is -2.17. The number of amides is 2. The molecular formula is C12H14BrN3O2. The Labute approximate surface area is 114 Å². The van der Waals surface area contributed by atoms with E-state index in [1.165, 1.54) is 6.92 Å². The van der Waals surface area contributed by atoms with Gasteiger partial charge in [-0.05, 0) is 34.5 Å². The number of hydrogen-bond acceptors (Lipinski definition) is 3. The zero-order chi connectivity index (χ0) is 13.1. The first kappa shape index (κ1) is 13.0. The maximum Gasteiger partial charge on any atom is 0.256 e. The van der Waals surface area contributed by atoms with Crippen LogP contribution in [0.2, 0.25) is 0 Å². The van der Waals surface area contributed by atoms with Crippen LogP contribution in [0.25, 0.3) is 0 Å². The SMILES string of the molecule is CC(=O)NC1CCN(C(=O)c2cccnc2Br)C1. The molecule has 0 spiro atoms. The lowest BCUT2D eigenvalue weighted by Crippen LogP contribution is -2.37. The van der Waals surface area contributed by atoms with Crippen molar-refractivity contribution < 1.29 is 9.59 Å². The van der Waals surface area contributed by atoms with Crippen LogP contribution < -0.4 is 5.32 Å². The van der Waals surface area contributed by atoms with Gasteiger partial charge in [0, 0.05) is 32.3 Å². The van der Waals surface area contributed by atoms with Gasteiger partial charge in [-0.2, -0.15) is 0 Å². The van der Waals surface area contributed by atoms with Crippen molar-refractivity contribution in [1.29, 1.82) is 0 Å². The van der Waals surface area contributed by atoms with E-state index in [1.54, 1.807) is 23.2 Å². The van der Waals surface area contributed by atoms with E-state index in [1.807, 2.05) is 0 Å². The molecule has 0 bridgehead atoms. The largest absolute Gasteiger partial charge is 0.352 e. The molecule has 96 valence electrons. The van der Waals surface area contributed by atoms with Crippen LogP contribution in [0.4, 0.5) is 0 Å². The van der Waals surface area contributed by atoms with Gasteiger partial charge in [-0.3, -0.25) is 9.59 Å². The van der Waals surface area contributed by atoms with Gasteiger partial charge in [0.05, 0.1) is 5.56 Å². The average Bonchev–Trinajstić information content (AvgIpc) is 2.76. The fourth-order valence-electron chi connectivity index (χ4n) is 2.07.